The molecule has 14 heteroatoms. The van der Waals surface area contributed by atoms with Crippen LogP contribution in [-0.4, -0.2) is 51.0 Å². The summed E-state index contributed by atoms with van der Waals surface area (Å²) in [5.41, 5.74) is 6.99. The molecule has 2 unspecified atom stereocenters. The zero-order chi connectivity index (χ0) is 32.1. The SMILES string of the molecule is Cc1cc(C2CCN(C(=O)[C@@H]3C[C@@](C)(N)C[C@H]3c3ccc(F)cc3F)C(OC(=O)C(F)(F)F)C2)n(-c2ccc(F)c(Cl)c2)n1. The maximum atomic E-state index is 14.8. The fourth-order valence-electron chi connectivity index (χ4n) is 6.36. The van der Waals surface area contributed by atoms with Gasteiger partial charge in [0, 0.05) is 48.0 Å². The third-order valence-electron chi connectivity index (χ3n) is 8.27. The summed E-state index contributed by atoms with van der Waals surface area (Å²) < 4.78 is 88.8. The zero-order valence-electron chi connectivity index (χ0n) is 23.7. The third kappa shape index (κ3) is 6.44. The number of aromatic nitrogens is 2. The van der Waals surface area contributed by atoms with Crippen LogP contribution in [0.5, 0.6) is 0 Å². The van der Waals surface area contributed by atoms with Gasteiger partial charge in [-0.25, -0.2) is 22.6 Å². The number of aryl methyl sites for hydroxylation is 1. The van der Waals surface area contributed by atoms with Gasteiger partial charge in [-0.3, -0.25) is 4.79 Å². The first-order valence-corrected chi connectivity index (χ1v) is 14.3. The summed E-state index contributed by atoms with van der Waals surface area (Å²) in [5, 5.41) is 4.28. The van der Waals surface area contributed by atoms with E-state index < -0.39 is 65.0 Å². The van der Waals surface area contributed by atoms with Gasteiger partial charge in [0.1, 0.15) is 17.5 Å². The minimum Gasteiger partial charge on any atom is -0.435 e. The van der Waals surface area contributed by atoms with Gasteiger partial charge in [0.05, 0.1) is 16.4 Å². The Kier molecular flexibility index (Phi) is 8.49. The summed E-state index contributed by atoms with van der Waals surface area (Å²) in [5.74, 6) is -7.73. The highest BCUT2D eigenvalue weighted by atomic mass is 35.5. The minimum absolute atomic E-state index is 0.0648. The molecule has 0 radical (unpaired) electrons. The largest absolute Gasteiger partial charge is 0.491 e. The molecule has 236 valence electrons. The van der Waals surface area contributed by atoms with Crippen molar-refractivity contribution in [3.63, 3.8) is 0 Å². The Balaban J connectivity index is 1.47. The van der Waals surface area contributed by atoms with Gasteiger partial charge in [-0.1, -0.05) is 17.7 Å². The second kappa shape index (κ2) is 11.7. The Hall–Kier alpha value is -3.58. The van der Waals surface area contributed by atoms with E-state index in [9.17, 15) is 35.9 Å². The fourth-order valence-corrected chi connectivity index (χ4v) is 6.53. The number of carbonyl (C=O) groups is 2. The molecule has 7 nitrogen and oxygen atoms in total. The number of benzene rings is 2. The molecule has 0 bridgehead atoms. The van der Waals surface area contributed by atoms with E-state index in [2.05, 4.69) is 5.10 Å². The lowest BCUT2D eigenvalue weighted by Crippen LogP contribution is -2.51. The number of rotatable bonds is 5. The van der Waals surface area contributed by atoms with Crippen LogP contribution in [0.1, 0.15) is 61.4 Å². The molecule has 3 aromatic rings. The van der Waals surface area contributed by atoms with Crippen LogP contribution in [0.25, 0.3) is 5.69 Å². The summed E-state index contributed by atoms with van der Waals surface area (Å²) in [6, 6.07) is 8.64. The first-order valence-electron chi connectivity index (χ1n) is 13.9. The standard InChI is InChI=1S/C30H29ClF6N4O3/c1-15-9-25(41(39-15)18-4-6-23(33)22(31)12-18)16-7-8-40(26(10-16)44-28(43)30(35,36)37)27(42)21-14-29(2,38)13-20(21)19-5-3-17(32)11-24(19)34/h3-6,9,11-12,16,20-21,26H,7-8,10,13-14,38H2,1-2H3/t16?,20-,21+,26?,29-/m0/s1. The van der Waals surface area contributed by atoms with Crippen molar-refractivity contribution in [1.29, 1.82) is 0 Å². The number of hydrogen-bond donors (Lipinski definition) is 1. The lowest BCUT2D eigenvalue weighted by atomic mass is 9.85. The molecular weight excluding hydrogens is 614 g/mol. The van der Waals surface area contributed by atoms with Gasteiger partial charge in [-0.05, 0) is 69.0 Å². The number of amides is 1. The van der Waals surface area contributed by atoms with Crippen LogP contribution in [0, 0.1) is 30.3 Å². The van der Waals surface area contributed by atoms with Gasteiger partial charge in [0.2, 0.25) is 5.91 Å². The molecule has 1 saturated carbocycles. The third-order valence-corrected chi connectivity index (χ3v) is 8.56. The molecule has 0 spiro atoms. The van der Waals surface area contributed by atoms with Crippen molar-refractivity contribution < 1.29 is 40.7 Å². The number of halogens is 7. The van der Waals surface area contributed by atoms with Crippen LogP contribution in [0.3, 0.4) is 0 Å². The van der Waals surface area contributed by atoms with E-state index in [-0.39, 0.29) is 42.8 Å². The van der Waals surface area contributed by atoms with Gasteiger partial charge in [-0.2, -0.15) is 18.3 Å². The van der Waals surface area contributed by atoms with Crippen molar-refractivity contribution in [3.05, 3.63) is 81.9 Å². The number of likely N-dealkylation sites (tertiary alicyclic amines) is 1. The Labute approximate surface area is 253 Å². The normalized spacial score (nSPS) is 25.7. The highest BCUT2D eigenvalue weighted by Gasteiger charge is 2.50. The van der Waals surface area contributed by atoms with Crippen molar-refractivity contribution in [2.24, 2.45) is 11.7 Å². The quantitative estimate of drug-likeness (QED) is 0.261. The number of ether oxygens (including phenoxy) is 1. The van der Waals surface area contributed by atoms with Crippen LogP contribution >= 0.6 is 11.6 Å². The molecule has 5 atom stereocenters. The second-order valence-electron chi connectivity index (χ2n) is 11.8. The van der Waals surface area contributed by atoms with E-state index in [1.54, 1.807) is 19.9 Å². The lowest BCUT2D eigenvalue weighted by molar-refractivity contribution is -0.216. The van der Waals surface area contributed by atoms with Gasteiger partial charge in [0.15, 0.2) is 6.23 Å². The molecule has 2 N–H and O–H groups in total. The smallest absolute Gasteiger partial charge is 0.435 e. The summed E-state index contributed by atoms with van der Waals surface area (Å²) in [6.45, 7) is 3.26. The van der Waals surface area contributed by atoms with Gasteiger partial charge < -0.3 is 15.4 Å². The Morgan fingerprint density at radius 3 is 2.45 bits per heavy atom. The predicted molar refractivity (Wildman–Crippen MR) is 147 cm³/mol. The molecule has 2 aliphatic rings. The number of hydrogen-bond acceptors (Lipinski definition) is 5. The number of nitrogens with zero attached hydrogens (tertiary/aromatic N) is 3. The van der Waals surface area contributed by atoms with E-state index in [0.717, 1.165) is 17.0 Å². The number of piperidine rings is 1. The molecule has 5 rings (SSSR count). The van der Waals surface area contributed by atoms with Crippen LogP contribution in [0.15, 0.2) is 42.5 Å². The molecule has 1 aliphatic carbocycles. The maximum Gasteiger partial charge on any atom is 0.491 e. The molecule has 1 aromatic heterocycles. The highest BCUT2D eigenvalue weighted by Crippen LogP contribution is 2.47. The average Bonchev–Trinajstić information content (AvgIpc) is 3.48. The summed E-state index contributed by atoms with van der Waals surface area (Å²) in [6.07, 6.45) is -6.68. The van der Waals surface area contributed by atoms with Crippen molar-refractivity contribution in [1.82, 2.24) is 14.7 Å². The summed E-state index contributed by atoms with van der Waals surface area (Å²) >= 11 is 5.97. The van der Waals surface area contributed by atoms with E-state index in [0.29, 0.717) is 23.1 Å². The second-order valence-corrected chi connectivity index (χ2v) is 12.2. The van der Waals surface area contributed by atoms with Crippen LogP contribution in [0.2, 0.25) is 5.02 Å². The van der Waals surface area contributed by atoms with Crippen molar-refractivity contribution >= 4 is 23.5 Å². The van der Waals surface area contributed by atoms with E-state index in [1.165, 1.54) is 22.9 Å². The molecule has 2 fully saturated rings. The lowest BCUT2D eigenvalue weighted by Gasteiger charge is -2.40. The van der Waals surface area contributed by atoms with Crippen LogP contribution in [0.4, 0.5) is 26.3 Å². The highest BCUT2D eigenvalue weighted by molar-refractivity contribution is 6.30. The maximum absolute atomic E-state index is 14.8. The molecule has 2 aromatic carbocycles. The Morgan fingerprint density at radius 1 is 1.07 bits per heavy atom. The number of nitrogens with two attached hydrogens (primary N) is 1. The van der Waals surface area contributed by atoms with E-state index >= 15 is 0 Å². The molecule has 2 heterocycles. The van der Waals surface area contributed by atoms with Crippen molar-refractivity contribution in [2.45, 2.75) is 69.3 Å². The topological polar surface area (TPSA) is 90.5 Å². The van der Waals surface area contributed by atoms with Crippen LogP contribution in [-0.2, 0) is 14.3 Å². The molecule has 1 amide bonds. The molecular formula is C30H29ClF6N4O3. The van der Waals surface area contributed by atoms with Gasteiger partial charge in [0.25, 0.3) is 0 Å². The van der Waals surface area contributed by atoms with Gasteiger partial charge >= 0.3 is 12.1 Å². The van der Waals surface area contributed by atoms with Crippen molar-refractivity contribution in [3.8, 4) is 5.69 Å². The van der Waals surface area contributed by atoms with Crippen molar-refractivity contribution in [2.75, 3.05) is 6.54 Å². The van der Waals surface area contributed by atoms with E-state index in [4.69, 9.17) is 22.1 Å². The van der Waals surface area contributed by atoms with Gasteiger partial charge in [-0.15, -0.1) is 0 Å². The number of esters is 1. The number of alkyl halides is 3. The predicted octanol–water partition coefficient (Wildman–Crippen LogP) is 6.30. The Morgan fingerprint density at radius 2 is 1.80 bits per heavy atom. The summed E-state index contributed by atoms with van der Waals surface area (Å²) in [7, 11) is 0. The van der Waals surface area contributed by atoms with Crippen LogP contribution < -0.4 is 5.73 Å². The average molecular weight is 643 g/mol. The zero-order valence-corrected chi connectivity index (χ0v) is 24.4. The molecule has 44 heavy (non-hydrogen) atoms. The summed E-state index contributed by atoms with van der Waals surface area (Å²) in [4.78, 5) is 27.1. The monoisotopic (exact) mass is 642 g/mol. The first kappa shape index (κ1) is 31.8. The first-order chi connectivity index (χ1) is 20.5. The Bertz CT molecular complexity index is 1590. The minimum atomic E-state index is -5.33. The molecule has 1 aliphatic heterocycles. The fraction of sp³-hybridized carbons (Fsp3) is 0.433. The van der Waals surface area contributed by atoms with E-state index in [1.807, 2.05) is 0 Å². The number of carbonyl (C=O) groups excluding carboxylic acids is 2. The molecule has 1 saturated heterocycles.